The third-order valence-electron chi connectivity index (χ3n) is 6.12. The quantitative estimate of drug-likeness (QED) is 0.538. The molecule has 1 aromatic carbocycles. The van der Waals surface area contributed by atoms with Crippen LogP contribution in [-0.2, 0) is 20.1 Å². The number of hydrogen-bond donors (Lipinski definition) is 1. The summed E-state index contributed by atoms with van der Waals surface area (Å²) in [6, 6.07) is 5.32. The first-order chi connectivity index (χ1) is 16.4. The van der Waals surface area contributed by atoms with Gasteiger partial charge >= 0.3 is 5.69 Å². The molecular weight excluding hydrogens is 436 g/mol. The third kappa shape index (κ3) is 4.26. The van der Waals surface area contributed by atoms with Gasteiger partial charge in [-0.15, -0.1) is 5.92 Å². The summed E-state index contributed by atoms with van der Waals surface area (Å²) in [5.74, 6) is 7.69. The highest BCUT2D eigenvalue weighted by Crippen LogP contribution is 2.24. The van der Waals surface area contributed by atoms with E-state index in [2.05, 4.69) is 16.7 Å². The highest BCUT2D eigenvalue weighted by molar-refractivity contribution is 5.75. The fraction of sp³-hybridized carbons (Fsp3) is 0.458. The number of fused-ring (bicyclic) bond motifs is 1. The molecule has 1 atom stereocenters. The van der Waals surface area contributed by atoms with E-state index in [4.69, 9.17) is 20.2 Å². The normalized spacial score (nSPS) is 15.8. The minimum Gasteiger partial charge on any atom is -0.497 e. The molecule has 0 unspecified atom stereocenters. The Morgan fingerprint density at radius 1 is 1.15 bits per heavy atom. The average Bonchev–Trinajstić information content (AvgIpc) is 3.23. The Kier molecular flexibility index (Phi) is 6.65. The number of aromatic nitrogens is 4. The Balaban J connectivity index is 1.91. The minimum atomic E-state index is -0.451. The van der Waals surface area contributed by atoms with Crippen LogP contribution >= 0.6 is 0 Å². The molecule has 1 saturated heterocycles. The highest BCUT2D eigenvalue weighted by atomic mass is 16.5. The van der Waals surface area contributed by atoms with E-state index in [0.717, 1.165) is 19.4 Å². The van der Waals surface area contributed by atoms with Crippen molar-refractivity contribution in [2.75, 3.05) is 32.2 Å². The van der Waals surface area contributed by atoms with Crippen molar-refractivity contribution in [3.63, 3.8) is 0 Å². The van der Waals surface area contributed by atoms with Crippen molar-refractivity contribution in [2.45, 2.75) is 38.9 Å². The van der Waals surface area contributed by atoms with Crippen molar-refractivity contribution in [1.82, 2.24) is 18.7 Å². The van der Waals surface area contributed by atoms with Gasteiger partial charge in [-0.3, -0.25) is 18.5 Å². The zero-order chi connectivity index (χ0) is 24.4. The van der Waals surface area contributed by atoms with Gasteiger partial charge in [-0.05, 0) is 37.5 Å². The number of nitrogens with zero attached hydrogens (tertiary/aromatic N) is 5. The van der Waals surface area contributed by atoms with Gasteiger partial charge in [0.25, 0.3) is 5.56 Å². The lowest BCUT2D eigenvalue weighted by Crippen LogP contribution is -2.44. The lowest BCUT2D eigenvalue weighted by Gasteiger charge is -2.31. The largest absolute Gasteiger partial charge is 0.497 e. The SMILES string of the molecule is CC#CCn1c(N2CCC[C@@H](N)C2)nc2c1c(=O)n(Cc1cc(OC)cc(OC)c1)c(=O)n2C. The van der Waals surface area contributed by atoms with Gasteiger partial charge in [-0.2, -0.15) is 4.98 Å². The van der Waals surface area contributed by atoms with Crippen LogP contribution in [0, 0.1) is 11.8 Å². The summed E-state index contributed by atoms with van der Waals surface area (Å²) in [6.07, 6.45) is 1.88. The second-order valence-electron chi connectivity index (χ2n) is 8.40. The van der Waals surface area contributed by atoms with E-state index in [1.165, 1.54) is 9.13 Å². The molecule has 180 valence electrons. The molecule has 4 rings (SSSR count). The molecule has 0 aliphatic carbocycles. The number of nitrogens with two attached hydrogens (primary N) is 1. The Hall–Kier alpha value is -3.71. The molecule has 10 nitrogen and oxygen atoms in total. The van der Waals surface area contributed by atoms with Crippen molar-refractivity contribution in [2.24, 2.45) is 12.8 Å². The maximum absolute atomic E-state index is 13.7. The van der Waals surface area contributed by atoms with Crippen LogP contribution in [0.1, 0.15) is 25.3 Å². The summed E-state index contributed by atoms with van der Waals surface area (Å²) in [4.78, 5) is 33.7. The summed E-state index contributed by atoms with van der Waals surface area (Å²) < 4.78 is 15.1. The Morgan fingerprint density at radius 2 is 1.85 bits per heavy atom. The van der Waals surface area contributed by atoms with Crippen LogP contribution in [0.5, 0.6) is 11.5 Å². The van der Waals surface area contributed by atoms with Gasteiger partial charge in [0.1, 0.15) is 11.5 Å². The first kappa shape index (κ1) is 23.4. The molecule has 0 saturated carbocycles. The lowest BCUT2D eigenvalue weighted by molar-refractivity contribution is 0.393. The lowest BCUT2D eigenvalue weighted by atomic mass is 10.1. The van der Waals surface area contributed by atoms with E-state index in [0.29, 0.717) is 40.7 Å². The first-order valence-electron chi connectivity index (χ1n) is 11.2. The summed E-state index contributed by atoms with van der Waals surface area (Å²) in [5, 5.41) is 0. The number of aryl methyl sites for hydroxylation is 1. The zero-order valence-electron chi connectivity index (χ0n) is 20.0. The van der Waals surface area contributed by atoms with Crippen molar-refractivity contribution in [3.8, 4) is 23.3 Å². The number of imidazole rings is 1. The molecule has 34 heavy (non-hydrogen) atoms. The van der Waals surface area contributed by atoms with Gasteiger partial charge in [0.05, 0.1) is 27.3 Å². The van der Waals surface area contributed by atoms with E-state index >= 15 is 0 Å². The summed E-state index contributed by atoms with van der Waals surface area (Å²) in [6.45, 7) is 3.51. The van der Waals surface area contributed by atoms with Crippen LogP contribution in [0.25, 0.3) is 11.2 Å². The molecule has 0 radical (unpaired) electrons. The number of methoxy groups -OCH3 is 2. The number of anilines is 1. The Labute approximate surface area is 197 Å². The molecule has 3 heterocycles. The zero-order valence-corrected chi connectivity index (χ0v) is 20.0. The van der Waals surface area contributed by atoms with Crippen LogP contribution in [-0.4, -0.2) is 52.0 Å². The minimum absolute atomic E-state index is 0.0304. The van der Waals surface area contributed by atoms with Gasteiger partial charge in [0.15, 0.2) is 11.2 Å². The molecule has 1 fully saturated rings. The molecule has 1 aliphatic rings. The molecule has 2 aromatic heterocycles. The van der Waals surface area contributed by atoms with Gasteiger partial charge in [-0.1, -0.05) is 5.92 Å². The van der Waals surface area contributed by atoms with Crippen LogP contribution in [0.15, 0.2) is 27.8 Å². The maximum atomic E-state index is 13.7. The van der Waals surface area contributed by atoms with Crippen molar-refractivity contribution >= 4 is 17.1 Å². The predicted molar refractivity (Wildman–Crippen MR) is 131 cm³/mol. The second kappa shape index (κ2) is 9.65. The summed E-state index contributed by atoms with van der Waals surface area (Å²) >= 11 is 0. The van der Waals surface area contributed by atoms with Crippen LogP contribution < -0.4 is 31.4 Å². The van der Waals surface area contributed by atoms with Crippen molar-refractivity contribution in [1.29, 1.82) is 0 Å². The number of hydrogen-bond acceptors (Lipinski definition) is 7. The smallest absolute Gasteiger partial charge is 0.332 e. The topological polar surface area (TPSA) is 110 Å². The van der Waals surface area contributed by atoms with Crippen LogP contribution in [0.3, 0.4) is 0 Å². The number of ether oxygens (including phenoxy) is 2. The van der Waals surface area contributed by atoms with Crippen LogP contribution in [0.4, 0.5) is 5.95 Å². The summed E-state index contributed by atoms with van der Waals surface area (Å²) in [5.41, 5.74) is 6.71. The number of rotatable bonds is 6. The number of piperidine rings is 1. The Bertz CT molecular complexity index is 1370. The number of benzene rings is 1. The molecule has 3 aromatic rings. The molecule has 1 aliphatic heterocycles. The molecule has 2 N–H and O–H groups in total. The summed E-state index contributed by atoms with van der Waals surface area (Å²) in [7, 11) is 4.73. The van der Waals surface area contributed by atoms with Crippen LogP contribution in [0.2, 0.25) is 0 Å². The van der Waals surface area contributed by atoms with Gasteiger partial charge < -0.3 is 20.1 Å². The maximum Gasteiger partial charge on any atom is 0.332 e. The van der Waals surface area contributed by atoms with Crippen molar-refractivity contribution in [3.05, 3.63) is 44.6 Å². The van der Waals surface area contributed by atoms with E-state index < -0.39 is 11.2 Å². The first-order valence-corrected chi connectivity index (χ1v) is 11.2. The van der Waals surface area contributed by atoms with E-state index in [-0.39, 0.29) is 19.1 Å². The monoisotopic (exact) mass is 466 g/mol. The van der Waals surface area contributed by atoms with Crippen molar-refractivity contribution < 1.29 is 9.47 Å². The van der Waals surface area contributed by atoms with Gasteiger partial charge in [0.2, 0.25) is 5.95 Å². The second-order valence-corrected chi connectivity index (χ2v) is 8.40. The van der Waals surface area contributed by atoms with Gasteiger partial charge in [0, 0.05) is 32.2 Å². The van der Waals surface area contributed by atoms with E-state index in [9.17, 15) is 9.59 Å². The average molecular weight is 467 g/mol. The predicted octanol–water partition coefficient (Wildman–Crippen LogP) is 0.913. The molecular formula is C24H30N6O4. The standard InChI is InChI=1S/C24H30N6O4/c1-5-6-10-29-20-21(26-23(29)28-9-7-8-17(25)15-28)27(2)24(32)30(22(20)31)14-16-11-18(33-3)13-19(12-16)34-4/h11-13,17H,7-10,14-15,25H2,1-4H3/t17-/m1/s1. The molecule has 0 spiro atoms. The third-order valence-corrected chi connectivity index (χ3v) is 6.12. The fourth-order valence-electron chi connectivity index (χ4n) is 4.38. The van der Waals surface area contributed by atoms with E-state index in [1.807, 2.05) is 0 Å². The molecule has 0 amide bonds. The molecule has 10 heteroatoms. The Morgan fingerprint density at radius 3 is 2.47 bits per heavy atom. The highest BCUT2D eigenvalue weighted by Gasteiger charge is 2.26. The molecule has 0 bridgehead atoms. The fourth-order valence-corrected chi connectivity index (χ4v) is 4.38. The van der Waals surface area contributed by atoms with Gasteiger partial charge in [-0.25, -0.2) is 4.79 Å². The van der Waals surface area contributed by atoms with E-state index in [1.54, 1.807) is 51.0 Å².